The minimum atomic E-state index is -0.899. The number of aromatic amines is 1. The number of hydrogen-bond acceptors (Lipinski definition) is 3. The molecule has 4 aromatic rings. The quantitative estimate of drug-likeness (QED) is 0.201. The summed E-state index contributed by atoms with van der Waals surface area (Å²) in [5.41, 5.74) is 2.77. The maximum atomic E-state index is 14.1. The van der Waals surface area contributed by atoms with Crippen molar-refractivity contribution >= 4 is 44.3 Å². The lowest BCUT2D eigenvalue weighted by atomic mass is 9.95. The van der Waals surface area contributed by atoms with Crippen molar-refractivity contribution in [2.24, 2.45) is 0 Å². The number of aromatic nitrogens is 1. The van der Waals surface area contributed by atoms with Crippen LogP contribution in [0, 0.1) is 5.82 Å². The normalized spacial score (nSPS) is 17.6. The van der Waals surface area contributed by atoms with Gasteiger partial charge < -0.3 is 15.0 Å². The molecular weight excluding hydrogens is 499 g/mol. The van der Waals surface area contributed by atoms with Crippen LogP contribution in [0.15, 0.2) is 89.0 Å². The molecule has 0 bridgehead atoms. The molecule has 1 atom stereocenters. The number of carbonyl (C=O) groups excluding carboxylic acids is 2. The number of carbonyl (C=O) groups is 2. The highest BCUT2D eigenvalue weighted by Crippen LogP contribution is 2.40. The molecule has 1 amide bonds. The highest BCUT2D eigenvalue weighted by atomic mass is 79.9. The van der Waals surface area contributed by atoms with Crippen LogP contribution < -0.4 is 0 Å². The molecule has 0 spiro atoms. The second-order valence-corrected chi connectivity index (χ2v) is 9.08. The lowest BCUT2D eigenvalue weighted by molar-refractivity contribution is -0.139. The number of likely N-dealkylation sites (tertiary alicyclic amines) is 1. The molecule has 1 aromatic heterocycles. The molecule has 34 heavy (non-hydrogen) atoms. The summed E-state index contributed by atoms with van der Waals surface area (Å²) in [4.78, 5) is 30.9. The molecule has 170 valence electrons. The van der Waals surface area contributed by atoms with Gasteiger partial charge in [-0.15, -0.1) is 0 Å². The molecule has 0 radical (unpaired) electrons. The number of aliphatic hydroxyl groups excluding tert-OH is 1. The Balaban J connectivity index is 1.57. The first-order chi connectivity index (χ1) is 16.4. The topological polar surface area (TPSA) is 73.4 Å². The lowest BCUT2D eigenvalue weighted by Crippen LogP contribution is -2.31. The van der Waals surface area contributed by atoms with Crippen LogP contribution in [0.5, 0.6) is 0 Å². The predicted octanol–water partition coefficient (Wildman–Crippen LogP) is 5.73. The highest BCUT2D eigenvalue weighted by Gasteiger charge is 2.46. The zero-order valence-corrected chi connectivity index (χ0v) is 19.5. The monoisotopic (exact) mass is 518 g/mol. The summed E-state index contributed by atoms with van der Waals surface area (Å²) in [5, 5.41) is 12.1. The Morgan fingerprint density at radius 2 is 1.79 bits per heavy atom. The van der Waals surface area contributed by atoms with Crippen LogP contribution >= 0.6 is 15.9 Å². The van der Waals surface area contributed by atoms with Crippen LogP contribution in [0.2, 0.25) is 0 Å². The van der Waals surface area contributed by atoms with Crippen LogP contribution in [0.4, 0.5) is 4.39 Å². The molecular formula is C27H20BrFN2O3. The van der Waals surface area contributed by atoms with Crippen molar-refractivity contribution in [1.29, 1.82) is 0 Å². The molecule has 1 unspecified atom stereocenters. The second kappa shape index (κ2) is 8.91. The molecule has 2 heterocycles. The Morgan fingerprint density at radius 3 is 2.56 bits per heavy atom. The van der Waals surface area contributed by atoms with Crippen molar-refractivity contribution in [3.05, 3.63) is 112 Å². The van der Waals surface area contributed by atoms with Crippen molar-refractivity contribution in [3.8, 4) is 0 Å². The van der Waals surface area contributed by atoms with Crippen molar-refractivity contribution in [2.45, 2.75) is 12.5 Å². The fraction of sp³-hybridized carbons (Fsp3) is 0.111. The van der Waals surface area contributed by atoms with E-state index in [9.17, 15) is 19.1 Å². The number of Topliss-reactive ketones (excluding diaryl/α,β-unsaturated/α-hetero) is 1. The molecule has 5 nitrogen and oxygen atoms in total. The third-order valence-electron chi connectivity index (χ3n) is 6.12. The van der Waals surface area contributed by atoms with Crippen LogP contribution in [0.1, 0.15) is 22.7 Å². The highest BCUT2D eigenvalue weighted by molar-refractivity contribution is 9.10. The molecule has 7 heteroatoms. The average molecular weight is 519 g/mol. The van der Waals surface area contributed by atoms with Gasteiger partial charge in [0.1, 0.15) is 11.6 Å². The summed E-state index contributed by atoms with van der Waals surface area (Å²) in [6.07, 6.45) is 2.38. The number of halogens is 2. The maximum Gasteiger partial charge on any atom is 0.295 e. The number of benzene rings is 3. The Morgan fingerprint density at radius 1 is 1.03 bits per heavy atom. The molecule has 1 saturated heterocycles. The maximum absolute atomic E-state index is 14.1. The predicted molar refractivity (Wildman–Crippen MR) is 132 cm³/mol. The number of fused-ring (bicyclic) bond motifs is 1. The largest absolute Gasteiger partial charge is 0.507 e. The number of nitrogens with one attached hydrogen (secondary N) is 1. The SMILES string of the molecule is O=C1C(=O)N(CCc2c[nH]c3ccccc23)C(c2cccc(F)c2)/C1=C(\O)c1ccc(Br)cc1. The van der Waals surface area contributed by atoms with Crippen molar-refractivity contribution in [2.75, 3.05) is 6.54 Å². The smallest absolute Gasteiger partial charge is 0.295 e. The van der Waals surface area contributed by atoms with Crippen molar-refractivity contribution < 1.29 is 19.1 Å². The summed E-state index contributed by atoms with van der Waals surface area (Å²) in [7, 11) is 0. The molecule has 1 fully saturated rings. The number of amides is 1. The van der Waals surface area contributed by atoms with Gasteiger partial charge in [-0.05, 0) is 47.9 Å². The minimum Gasteiger partial charge on any atom is -0.507 e. The number of para-hydroxylation sites is 1. The van der Waals surface area contributed by atoms with E-state index in [1.54, 1.807) is 30.3 Å². The number of aliphatic hydroxyl groups is 1. The van der Waals surface area contributed by atoms with E-state index >= 15 is 0 Å². The molecule has 3 aromatic carbocycles. The van der Waals surface area contributed by atoms with Crippen LogP contribution in [0.25, 0.3) is 16.7 Å². The van der Waals surface area contributed by atoms with Crippen LogP contribution in [-0.2, 0) is 16.0 Å². The van der Waals surface area contributed by atoms with Gasteiger partial charge in [0, 0.05) is 33.7 Å². The Labute approximate surface area is 203 Å². The minimum absolute atomic E-state index is 0.0446. The number of rotatable bonds is 5. The Hall–Kier alpha value is -3.71. The van der Waals surface area contributed by atoms with Crippen molar-refractivity contribution in [3.63, 3.8) is 0 Å². The third kappa shape index (κ3) is 3.92. The average Bonchev–Trinajstić information content (AvgIpc) is 3.36. The summed E-state index contributed by atoms with van der Waals surface area (Å²) in [5.74, 6) is -2.26. The Kier molecular flexibility index (Phi) is 5.79. The summed E-state index contributed by atoms with van der Waals surface area (Å²) < 4.78 is 15.0. The zero-order valence-electron chi connectivity index (χ0n) is 18.0. The van der Waals surface area contributed by atoms with Crippen molar-refractivity contribution in [1.82, 2.24) is 9.88 Å². The van der Waals surface area contributed by atoms with E-state index < -0.39 is 23.5 Å². The second-order valence-electron chi connectivity index (χ2n) is 8.16. The van der Waals surface area contributed by atoms with Gasteiger partial charge >= 0.3 is 0 Å². The van der Waals surface area contributed by atoms with Gasteiger partial charge in [-0.2, -0.15) is 0 Å². The Bertz CT molecular complexity index is 1440. The number of hydrogen-bond donors (Lipinski definition) is 2. The summed E-state index contributed by atoms with van der Waals surface area (Å²) in [6.45, 7) is 0.227. The molecule has 5 rings (SSSR count). The number of ketones is 1. The van der Waals surface area contributed by atoms with E-state index in [0.29, 0.717) is 17.5 Å². The standard InChI is InChI=1S/C27H20BrFN2O3/c28-19-10-8-16(9-11-19)25(32)23-24(17-4-3-5-20(29)14-17)31(27(34)26(23)33)13-12-18-15-30-22-7-2-1-6-21(18)22/h1-11,14-15,24,30,32H,12-13H2/b25-23+. The first kappa shape index (κ1) is 22.1. The first-order valence-corrected chi connectivity index (χ1v) is 11.6. The zero-order chi connectivity index (χ0) is 23.8. The fourth-order valence-electron chi connectivity index (χ4n) is 4.48. The van der Waals surface area contributed by atoms with E-state index in [-0.39, 0.29) is 17.9 Å². The van der Waals surface area contributed by atoms with Gasteiger partial charge in [0.2, 0.25) is 0 Å². The lowest BCUT2D eigenvalue weighted by Gasteiger charge is -2.25. The van der Waals surface area contributed by atoms with Gasteiger partial charge in [-0.3, -0.25) is 9.59 Å². The van der Waals surface area contributed by atoms with Gasteiger partial charge in [0.15, 0.2) is 0 Å². The van der Waals surface area contributed by atoms with Gasteiger partial charge in [-0.1, -0.05) is 58.4 Å². The van der Waals surface area contributed by atoms with E-state index in [2.05, 4.69) is 20.9 Å². The molecule has 2 N–H and O–H groups in total. The molecule has 0 aliphatic carbocycles. The summed E-state index contributed by atoms with van der Waals surface area (Å²) >= 11 is 3.35. The third-order valence-corrected chi connectivity index (χ3v) is 6.65. The van der Waals surface area contributed by atoms with E-state index in [1.807, 2.05) is 30.5 Å². The van der Waals surface area contributed by atoms with Gasteiger partial charge in [-0.25, -0.2) is 4.39 Å². The van der Waals surface area contributed by atoms with E-state index in [1.165, 1.54) is 23.1 Å². The van der Waals surface area contributed by atoms with Gasteiger partial charge in [0.05, 0.1) is 11.6 Å². The van der Waals surface area contributed by atoms with E-state index in [0.717, 1.165) is 20.9 Å². The summed E-state index contributed by atoms with van der Waals surface area (Å²) in [6, 6.07) is 19.5. The van der Waals surface area contributed by atoms with Gasteiger partial charge in [0.25, 0.3) is 11.7 Å². The molecule has 1 aliphatic heterocycles. The van der Waals surface area contributed by atoms with E-state index in [4.69, 9.17) is 0 Å². The number of nitrogens with zero attached hydrogens (tertiary/aromatic N) is 1. The first-order valence-electron chi connectivity index (χ1n) is 10.8. The van der Waals surface area contributed by atoms with Crippen LogP contribution in [-0.4, -0.2) is 33.2 Å². The van der Waals surface area contributed by atoms with Crippen LogP contribution in [0.3, 0.4) is 0 Å². The molecule has 0 saturated carbocycles. The fourth-order valence-corrected chi connectivity index (χ4v) is 4.74. The number of H-pyrrole nitrogens is 1. The molecule has 1 aliphatic rings.